The number of carbonyl (C=O) groups excluding carboxylic acids is 2. The van der Waals surface area contributed by atoms with E-state index in [1.165, 1.54) is 0 Å². The van der Waals surface area contributed by atoms with Crippen molar-refractivity contribution in [1.29, 1.82) is 0 Å². The molecule has 0 heterocycles. The van der Waals surface area contributed by atoms with Crippen molar-refractivity contribution in [3.63, 3.8) is 0 Å². The highest BCUT2D eigenvalue weighted by Crippen LogP contribution is 2.30. The summed E-state index contributed by atoms with van der Waals surface area (Å²) in [6, 6.07) is 1.54. The maximum Gasteiger partial charge on any atom is 0.573 e. The quantitative estimate of drug-likeness (QED) is 0.677. The van der Waals surface area contributed by atoms with Crippen LogP contribution in [0.2, 0.25) is 0 Å². The van der Waals surface area contributed by atoms with Gasteiger partial charge < -0.3 is 9.47 Å². The average molecular weight is 323 g/mol. The van der Waals surface area contributed by atoms with Gasteiger partial charge in [-0.05, 0) is 32.9 Å². The number of anilines is 1. The molecule has 0 aromatic heterocycles. The molecule has 0 aliphatic heterocycles. The summed E-state index contributed by atoms with van der Waals surface area (Å²) in [6.45, 7) is 4.73. The Morgan fingerprint density at radius 2 is 1.82 bits per heavy atom. The van der Waals surface area contributed by atoms with Crippen LogP contribution in [0.4, 0.5) is 28.0 Å². The molecule has 0 bridgehead atoms. The Morgan fingerprint density at radius 3 is 2.27 bits per heavy atom. The second-order valence-corrected chi connectivity index (χ2v) is 5.13. The van der Waals surface area contributed by atoms with E-state index in [4.69, 9.17) is 4.74 Å². The molecule has 1 aromatic carbocycles. The molecule has 0 unspecified atom stereocenters. The van der Waals surface area contributed by atoms with Crippen LogP contribution in [0.15, 0.2) is 12.1 Å². The largest absolute Gasteiger partial charge is 0.573 e. The number of amides is 1. The molecule has 122 valence electrons. The van der Waals surface area contributed by atoms with Gasteiger partial charge in [0.05, 0.1) is 11.3 Å². The van der Waals surface area contributed by atoms with Crippen molar-refractivity contribution in [2.75, 3.05) is 5.32 Å². The number of ether oxygens (including phenoxy) is 2. The van der Waals surface area contributed by atoms with Gasteiger partial charge in [-0.25, -0.2) is 9.18 Å². The number of halogens is 4. The van der Waals surface area contributed by atoms with E-state index in [9.17, 15) is 27.2 Å². The standard InChI is InChI=1S/C13H13F4NO4/c1-12(2,3)22-11(20)18-8-4-5-9(21-13(15,16)17)10(14)7(8)6-19/h4-6H,1-3H3,(H,18,20). The zero-order chi connectivity index (χ0) is 17.1. The van der Waals surface area contributed by atoms with Gasteiger partial charge in [0.1, 0.15) is 5.60 Å². The van der Waals surface area contributed by atoms with E-state index in [2.05, 4.69) is 10.1 Å². The minimum Gasteiger partial charge on any atom is -0.444 e. The average Bonchev–Trinajstić information content (AvgIpc) is 2.29. The maximum atomic E-state index is 13.8. The van der Waals surface area contributed by atoms with Crippen LogP contribution in [-0.2, 0) is 4.74 Å². The minimum atomic E-state index is -5.11. The minimum absolute atomic E-state index is 0.0364. The summed E-state index contributed by atoms with van der Waals surface area (Å²) in [5.74, 6) is -2.72. The molecule has 0 radical (unpaired) electrons. The summed E-state index contributed by atoms with van der Waals surface area (Å²) < 4.78 is 58.4. The van der Waals surface area contributed by atoms with Crippen molar-refractivity contribution < 1.29 is 36.6 Å². The molecule has 9 heteroatoms. The van der Waals surface area contributed by atoms with Crippen LogP contribution < -0.4 is 10.1 Å². The predicted molar refractivity (Wildman–Crippen MR) is 68.3 cm³/mol. The van der Waals surface area contributed by atoms with Crippen LogP contribution in [-0.4, -0.2) is 24.3 Å². The molecule has 0 saturated carbocycles. The molecule has 0 fully saturated rings. The Balaban J connectivity index is 3.05. The molecule has 0 aliphatic carbocycles. The first-order valence-electron chi connectivity index (χ1n) is 5.96. The van der Waals surface area contributed by atoms with E-state index < -0.39 is 35.2 Å². The summed E-state index contributed by atoms with van der Waals surface area (Å²) in [6.07, 6.45) is -6.13. The molecule has 0 aliphatic rings. The number of hydrogen-bond acceptors (Lipinski definition) is 4. The lowest BCUT2D eigenvalue weighted by atomic mass is 10.1. The van der Waals surface area contributed by atoms with Crippen molar-refractivity contribution in [3.8, 4) is 5.75 Å². The topological polar surface area (TPSA) is 64.6 Å². The van der Waals surface area contributed by atoms with Gasteiger partial charge in [-0.15, -0.1) is 13.2 Å². The first-order chi connectivity index (χ1) is 9.93. The van der Waals surface area contributed by atoms with E-state index in [0.29, 0.717) is 6.07 Å². The number of benzene rings is 1. The van der Waals surface area contributed by atoms with Gasteiger partial charge in [-0.1, -0.05) is 0 Å². The van der Waals surface area contributed by atoms with Crippen LogP contribution in [0.25, 0.3) is 0 Å². The van der Waals surface area contributed by atoms with E-state index in [0.717, 1.165) is 6.07 Å². The van der Waals surface area contributed by atoms with Gasteiger partial charge in [-0.3, -0.25) is 10.1 Å². The Labute approximate surface area is 123 Å². The Morgan fingerprint density at radius 1 is 1.23 bits per heavy atom. The Bertz CT molecular complexity index is 579. The Hall–Kier alpha value is -2.32. The van der Waals surface area contributed by atoms with Crippen LogP contribution in [0, 0.1) is 5.82 Å². The van der Waals surface area contributed by atoms with E-state index in [1.807, 2.05) is 0 Å². The van der Waals surface area contributed by atoms with Gasteiger partial charge in [0.25, 0.3) is 0 Å². The van der Waals surface area contributed by atoms with Gasteiger partial charge in [0.2, 0.25) is 0 Å². The highest BCUT2D eigenvalue weighted by molar-refractivity contribution is 5.93. The highest BCUT2D eigenvalue weighted by atomic mass is 19.4. The molecular formula is C13H13F4NO4. The second-order valence-electron chi connectivity index (χ2n) is 5.13. The zero-order valence-electron chi connectivity index (χ0n) is 11.9. The lowest BCUT2D eigenvalue weighted by molar-refractivity contribution is -0.275. The second kappa shape index (κ2) is 6.20. The fourth-order valence-electron chi connectivity index (χ4n) is 1.41. The first-order valence-corrected chi connectivity index (χ1v) is 5.96. The summed E-state index contributed by atoms with van der Waals surface area (Å²) in [5.41, 5.74) is -1.97. The molecule has 1 aromatic rings. The highest BCUT2D eigenvalue weighted by Gasteiger charge is 2.33. The Kier molecular flexibility index (Phi) is 5.00. The summed E-state index contributed by atoms with van der Waals surface area (Å²) in [5, 5.41) is 2.08. The molecule has 0 atom stereocenters. The van der Waals surface area contributed by atoms with Crippen molar-refractivity contribution in [3.05, 3.63) is 23.5 Å². The van der Waals surface area contributed by atoms with Crippen molar-refractivity contribution in [1.82, 2.24) is 0 Å². The molecule has 1 N–H and O–H groups in total. The number of hydrogen-bond donors (Lipinski definition) is 1. The van der Waals surface area contributed by atoms with Crippen LogP contribution >= 0.6 is 0 Å². The first kappa shape index (κ1) is 17.7. The summed E-state index contributed by atoms with van der Waals surface area (Å²) >= 11 is 0. The van der Waals surface area contributed by atoms with Gasteiger partial charge >= 0.3 is 12.5 Å². The number of aldehydes is 1. The molecule has 22 heavy (non-hydrogen) atoms. The normalized spacial score (nSPS) is 11.8. The maximum absolute atomic E-state index is 13.8. The third kappa shape index (κ3) is 5.23. The zero-order valence-corrected chi connectivity index (χ0v) is 11.9. The van der Waals surface area contributed by atoms with Crippen LogP contribution in [0.5, 0.6) is 5.75 Å². The summed E-state index contributed by atoms with van der Waals surface area (Å²) in [4.78, 5) is 22.4. The number of nitrogens with one attached hydrogen (secondary N) is 1. The molecular weight excluding hydrogens is 310 g/mol. The van der Waals surface area contributed by atoms with Gasteiger partial charge in [0, 0.05) is 0 Å². The molecule has 1 amide bonds. The third-order valence-electron chi connectivity index (χ3n) is 2.12. The van der Waals surface area contributed by atoms with Crippen molar-refractivity contribution in [2.24, 2.45) is 0 Å². The third-order valence-corrected chi connectivity index (χ3v) is 2.12. The van der Waals surface area contributed by atoms with Gasteiger partial charge in [-0.2, -0.15) is 0 Å². The lowest BCUT2D eigenvalue weighted by Gasteiger charge is -2.20. The molecule has 5 nitrogen and oxygen atoms in total. The van der Waals surface area contributed by atoms with E-state index in [-0.39, 0.29) is 12.0 Å². The number of alkyl halides is 3. The fraction of sp³-hybridized carbons (Fsp3) is 0.385. The lowest BCUT2D eigenvalue weighted by Crippen LogP contribution is -2.27. The van der Waals surface area contributed by atoms with Crippen LogP contribution in [0.3, 0.4) is 0 Å². The fourth-order valence-corrected chi connectivity index (χ4v) is 1.41. The predicted octanol–water partition coefficient (Wildman–Crippen LogP) is 3.88. The number of rotatable bonds is 3. The number of carbonyl (C=O) groups is 2. The molecule has 1 rings (SSSR count). The molecule has 0 spiro atoms. The van der Waals surface area contributed by atoms with Crippen molar-refractivity contribution >= 4 is 18.1 Å². The van der Waals surface area contributed by atoms with Gasteiger partial charge in [0.15, 0.2) is 17.9 Å². The van der Waals surface area contributed by atoms with Crippen molar-refractivity contribution in [2.45, 2.75) is 32.7 Å². The van der Waals surface area contributed by atoms with E-state index >= 15 is 0 Å². The van der Waals surface area contributed by atoms with Crippen LogP contribution in [0.1, 0.15) is 31.1 Å². The monoisotopic (exact) mass is 323 g/mol. The summed E-state index contributed by atoms with van der Waals surface area (Å²) in [7, 11) is 0. The SMILES string of the molecule is CC(C)(C)OC(=O)Nc1ccc(OC(F)(F)F)c(F)c1C=O. The molecule has 0 saturated heterocycles. The van der Waals surface area contributed by atoms with E-state index in [1.54, 1.807) is 20.8 Å². The smallest absolute Gasteiger partial charge is 0.444 e.